The van der Waals surface area contributed by atoms with E-state index in [4.69, 9.17) is 4.84 Å². The number of rotatable bonds is 7. The highest BCUT2D eigenvalue weighted by Gasteiger charge is 2.33. The van der Waals surface area contributed by atoms with Crippen molar-refractivity contribution in [1.29, 1.82) is 0 Å². The fourth-order valence-corrected chi connectivity index (χ4v) is 4.58. The molecule has 1 heterocycles. The van der Waals surface area contributed by atoms with Gasteiger partial charge in [0.2, 0.25) is 10.0 Å². The van der Waals surface area contributed by atoms with Crippen molar-refractivity contribution >= 4 is 21.6 Å². The topological polar surface area (TPSA) is 88.1 Å². The number of piperidine rings is 1. The first kappa shape index (κ1) is 24.6. The van der Waals surface area contributed by atoms with E-state index in [0.717, 1.165) is 22.5 Å². The molecule has 2 aromatic rings. The molecule has 1 amide bonds. The predicted molar refractivity (Wildman–Crippen MR) is 111 cm³/mol. The first-order valence-electron chi connectivity index (χ1n) is 9.92. The molecule has 1 fully saturated rings. The number of benzene rings is 2. The number of carbonyl (C=O) groups excluding carboxylic acids is 1. The second-order valence-electron chi connectivity index (χ2n) is 7.26. The number of hydrogen-bond donors (Lipinski definition) is 1. The van der Waals surface area contributed by atoms with Crippen LogP contribution in [0.4, 0.5) is 17.6 Å². The maximum atomic E-state index is 12.9. The van der Waals surface area contributed by atoms with Crippen molar-refractivity contribution in [2.24, 2.45) is 5.16 Å². The lowest BCUT2D eigenvalue weighted by Gasteiger charge is -2.26. The van der Waals surface area contributed by atoms with Crippen LogP contribution in [0.15, 0.2) is 58.6 Å². The maximum Gasteiger partial charge on any atom is 0.416 e. The van der Waals surface area contributed by atoms with Crippen LogP contribution in [0.5, 0.6) is 0 Å². The molecular weight excluding hydrogens is 466 g/mol. The number of alkyl halides is 3. The van der Waals surface area contributed by atoms with Crippen molar-refractivity contribution in [3.8, 4) is 0 Å². The summed E-state index contributed by atoms with van der Waals surface area (Å²) in [7, 11) is -4.09. The Morgan fingerprint density at radius 2 is 1.76 bits per heavy atom. The number of halogens is 4. The highest BCUT2D eigenvalue weighted by Crippen LogP contribution is 2.31. The third-order valence-electron chi connectivity index (χ3n) is 4.89. The van der Waals surface area contributed by atoms with E-state index in [1.807, 2.05) is 0 Å². The quantitative estimate of drug-likeness (QED) is 0.480. The van der Waals surface area contributed by atoms with Crippen molar-refractivity contribution in [3.05, 3.63) is 65.5 Å². The van der Waals surface area contributed by atoms with E-state index in [0.29, 0.717) is 17.3 Å². The summed E-state index contributed by atoms with van der Waals surface area (Å²) in [5, 5.41) is 6.45. The van der Waals surface area contributed by atoms with E-state index in [2.05, 4.69) is 10.5 Å². The van der Waals surface area contributed by atoms with Gasteiger partial charge in [-0.25, -0.2) is 12.8 Å². The SMILES string of the molecule is O=C(CON=C1CCN(S(=O)(=O)c2cccc(C(F)(F)F)c2)CC1)NCc1ccc(F)cc1. The fraction of sp³-hybridized carbons (Fsp3) is 0.333. The van der Waals surface area contributed by atoms with E-state index in [9.17, 15) is 30.8 Å². The van der Waals surface area contributed by atoms with Gasteiger partial charge in [0.1, 0.15) is 5.82 Å². The van der Waals surface area contributed by atoms with Crippen molar-refractivity contribution in [2.75, 3.05) is 19.7 Å². The lowest BCUT2D eigenvalue weighted by atomic mass is 10.1. The summed E-state index contributed by atoms with van der Waals surface area (Å²) in [5.74, 6) is -0.814. The number of carbonyl (C=O) groups is 1. The molecular formula is C21H21F4N3O4S. The van der Waals surface area contributed by atoms with Gasteiger partial charge in [-0.3, -0.25) is 4.79 Å². The molecule has 0 bridgehead atoms. The van der Waals surface area contributed by atoms with Gasteiger partial charge in [0.25, 0.3) is 5.91 Å². The Labute approximate surface area is 188 Å². The molecule has 0 aromatic heterocycles. The second kappa shape index (κ2) is 10.3. The van der Waals surface area contributed by atoms with E-state index in [1.165, 1.54) is 24.3 Å². The summed E-state index contributed by atoms with van der Waals surface area (Å²) >= 11 is 0. The molecule has 0 atom stereocenters. The molecule has 3 rings (SSSR count). The molecule has 1 N–H and O–H groups in total. The third kappa shape index (κ3) is 6.75. The van der Waals surface area contributed by atoms with Crippen LogP contribution in [0.3, 0.4) is 0 Å². The average molecular weight is 487 g/mol. The Balaban J connectivity index is 1.48. The molecule has 0 unspecified atom stereocenters. The van der Waals surface area contributed by atoms with Gasteiger partial charge in [0.05, 0.1) is 16.2 Å². The number of nitrogens with zero attached hydrogens (tertiary/aromatic N) is 2. The van der Waals surface area contributed by atoms with E-state index >= 15 is 0 Å². The highest BCUT2D eigenvalue weighted by molar-refractivity contribution is 7.89. The Hall–Kier alpha value is -2.99. The zero-order valence-electron chi connectivity index (χ0n) is 17.3. The van der Waals surface area contributed by atoms with Crippen molar-refractivity contribution in [3.63, 3.8) is 0 Å². The van der Waals surface area contributed by atoms with Crippen LogP contribution in [0, 0.1) is 5.82 Å². The smallest absolute Gasteiger partial charge is 0.386 e. The second-order valence-corrected chi connectivity index (χ2v) is 9.20. The van der Waals surface area contributed by atoms with Gasteiger partial charge in [-0.15, -0.1) is 0 Å². The Kier molecular flexibility index (Phi) is 7.69. The minimum absolute atomic E-state index is 0.0253. The number of nitrogens with one attached hydrogen (secondary N) is 1. The largest absolute Gasteiger partial charge is 0.416 e. The van der Waals surface area contributed by atoms with Crippen LogP contribution in [-0.4, -0.2) is 44.0 Å². The first-order valence-corrected chi connectivity index (χ1v) is 11.4. The number of oxime groups is 1. The van der Waals surface area contributed by atoms with Gasteiger partial charge in [-0.05, 0) is 35.9 Å². The maximum absolute atomic E-state index is 12.9. The van der Waals surface area contributed by atoms with Gasteiger partial charge in [0.15, 0.2) is 6.61 Å². The van der Waals surface area contributed by atoms with Crippen LogP contribution >= 0.6 is 0 Å². The molecule has 178 valence electrons. The Morgan fingerprint density at radius 3 is 2.39 bits per heavy atom. The molecule has 1 aliphatic heterocycles. The standard InChI is InChI=1S/C21H21F4N3O4S/c22-17-6-4-15(5-7-17)13-26-20(29)14-32-27-18-8-10-28(11-9-18)33(30,31)19-3-1-2-16(12-19)21(23,24)25/h1-7,12H,8-11,13-14H2,(H,26,29). The minimum Gasteiger partial charge on any atom is -0.386 e. The first-order chi connectivity index (χ1) is 15.6. The van der Waals surface area contributed by atoms with E-state index < -0.39 is 32.6 Å². The van der Waals surface area contributed by atoms with Gasteiger partial charge >= 0.3 is 6.18 Å². The van der Waals surface area contributed by atoms with Crippen LogP contribution in [0.25, 0.3) is 0 Å². The molecule has 1 aliphatic rings. The lowest BCUT2D eigenvalue weighted by molar-refractivity contribution is -0.137. The monoisotopic (exact) mass is 487 g/mol. The van der Waals surface area contributed by atoms with Crippen LogP contribution in [0.2, 0.25) is 0 Å². The van der Waals surface area contributed by atoms with Crippen molar-refractivity contribution < 1.29 is 35.6 Å². The van der Waals surface area contributed by atoms with Gasteiger partial charge < -0.3 is 10.2 Å². The highest BCUT2D eigenvalue weighted by atomic mass is 32.2. The summed E-state index contributed by atoms with van der Waals surface area (Å²) in [6, 6.07) is 9.26. The van der Waals surface area contributed by atoms with E-state index in [1.54, 1.807) is 0 Å². The minimum atomic E-state index is -4.64. The molecule has 0 spiro atoms. The third-order valence-corrected chi connectivity index (χ3v) is 6.79. The molecule has 2 aromatic carbocycles. The fourth-order valence-electron chi connectivity index (χ4n) is 3.09. The summed E-state index contributed by atoms with van der Waals surface area (Å²) in [5.41, 5.74) is 0.219. The number of sulfonamides is 1. The normalized spacial score (nSPS) is 15.2. The van der Waals surface area contributed by atoms with Gasteiger partial charge in [-0.1, -0.05) is 23.4 Å². The molecule has 1 saturated heterocycles. The van der Waals surface area contributed by atoms with Gasteiger partial charge in [-0.2, -0.15) is 17.5 Å². The van der Waals surface area contributed by atoms with E-state index in [-0.39, 0.29) is 44.9 Å². The summed E-state index contributed by atoms with van der Waals surface area (Å²) in [6.45, 7) is -0.104. The molecule has 33 heavy (non-hydrogen) atoms. The zero-order valence-corrected chi connectivity index (χ0v) is 18.1. The summed E-state index contributed by atoms with van der Waals surface area (Å²) < 4.78 is 78.0. The summed E-state index contributed by atoms with van der Waals surface area (Å²) in [4.78, 5) is 16.4. The molecule has 0 radical (unpaired) electrons. The van der Waals surface area contributed by atoms with Crippen LogP contribution in [-0.2, 0) is 32.4 Å². The number of hydrogen-bond acceptors (Lipinski definition) is 5. The molecule has 0 aliphatic carbocycles. The molecule has 12 heteroatoms. The van der Waals surface area contributed by atoms with Crippen LogP contribution in [0.1, 0.15) is 24.0 Å². The lowest BCUT2D eigenvalue weighted by Crippen LogP contribution is -2.38. The molecule has 7 nitrogen and oxygen atoms in total. The van der Waals surface area contributed by atoms with Gasteiger partial charge in [0, 0.05) is 32.5 Å². The predicted octanol–water partition coefficient (Wildman–Crippen LogP) is 3.32. The molecule has 0 saturated carbocycles. The number of amides is 1. The Morgan fingerprint density at radius 1 is 1.09 bits per heavy atom. The zero-order chi connectivity index (χ0) is 24.1. The van der Waals surface area contributed by atoms with Crippen LogP contribution < -0.4 is 5.32 Å². The summed E-state index contributed by atoms with van der Waals surface area (Å²) in [6.07, 6.45) is -4.21. The van der Waals surface area contributed by atoms with Crippen molar-refractivity contribution in [1.82, 2.24) is 9.62 Å². The van der Waals surface area contributed by atoms with Crippen molar-refractivity contribution in [2.45, 2.75) is 30.5 Å². The average Bonchev–Trinajstić information content (AvgIpc) is 2.78. The Bertz CT molecular complexity index is 1110.